The maximum atomic E-state index is 14.1. The molecule has 70 heavy (non-hydrogen) atoms. The number of nitrogens with one attached hydrogen (secondary N) is 4. The van der Waals surface area contributed by atoms with Crippen LogP contribution in [0.3, 0.4) is 0 Å². The van der Waals surface area contributed by atoms with Gasteiger partial charge >= 0.3 is 36.6 Å². The molecular weight excluding hydrogens is 913 g/mol. The summed E-state index contributed by atoms with van der Waals surface area (Å²) >= 11 is 0. The van der Waals surface area contributed by atoms with Gasteiger partial charge in [-0.15, -0.1) is 15.2 Å². The van der Waals surface area contributed by atoms with Gasteiger partial charge in [-0.25, -0.2) is 38.6 Å². The molecule has 23 heteroatoms. The first-order valence-corrected chi connectivity index (χ1v) is 23.2. The highest BCUT2D eigenvalue weighted by Gasteiger charge is 2.35. The summed E-state index contributed by atoms with van der Waals surface area (Å²) in [6, 6.07) is 2.86. The molecule has 0 saturated carbocycles. The van der Waals surface area contributed by atoms with Gasteiger partial charge in [0.1, 0.15) is 39.3 Å². The second kappa shape index (κ2) is 26.6. The number of aliphatic imine (C=N–C) groups is 2. The van der Waals surface area contributed by atoms with E-state index in [4.69, 9.17) is 38.6 Å². The van der Waals surface area contributed by atoms with Crippen molar-refractivity contribution in [1.29, 1.82) is 5.41 Å². The van der Waals surface area contributed by atoms with Crippen LogP contribution in [0.15, 0.2) is 22.1 Å². The Kier molecular flexibility index (Phi) is 23.5. The fraction of sp³-hybridized carbons (Fsp3) is 0.723. The van der Waals surface area contributed by atoms with Gasteiger partial charge in [0.2, 0.25) is 17.8 Å². The monoisotopic (exact) mass is 993 g/mol. The Labute approximate surface area is 413 Å². The molecule has 0 aliphatic rings. The summed E-state index contributed by atoms with van der Waals surface area (Å²) in [5, 5.41) is 23.3. The normalized spacial score (nSPS) is 12.3. The fourth-order valence-electron chi connectivity index (χ4n) is 5.23. The Bertz CT molecular complexity index is 1950. The van der Waals surface area contributed by atoms with Gasteiger partial charge in [-0.05, 0) is 150 Å². The number of unbranched alkanes of at least 4 members (excludes halogenated alkanes) is 4. The number of amidine groups is 1. The van der Waals surface area contributed by atoms with Crippen molar-refractivity contribution in [3.8, 4) is 5.88 Å². The van der Waals surface area contributed by atoms with E-state index in [-0.39, 0.29) is 56.0 Å². The highest BCUT2D eigenvalue weighted by atomic mass is 16.6. The summed E-state index contributed by atoms with van der Waals surface area (Å²) in [4.78, 5) is 89.4. The van der Waals surface area contributed by atoms with Crippen LogP contribution in [0.1, 0.15) is 169 Å². The molecular formula is C47H80N10O13. The number of amides is 6. The lowest BCUT2D eigenvalue weighted by atomic mass is 10.1. The molecule has 396 valence electrons. The minimum atomic E-state index is -1.08. The van der Waals surface area contributed by atoms with Crippen molar-refractivity contribution >= 4 is 54.3 Å². The van der Waals surface area contributed by atoms with Gasteiger partial charge < -0.3 is 33.2 Å². The van der Waals surface area contributed by atoms with E-state index < -0.39 is 76.1 Å². The second-order valence-electron chi connectivity index (χ2n) is 21.9. The number of aromatic nitrogens is 2. The van der Waals surface area contributed by atoms with Crippen molar-refractivity contribution in [1.82, 2.24) is 35.9 Å². The van der Waals surface area contributed by atoms with Gasteiger partial charge in [0, 0.05) is 25.7 Å². The van der Waals surface area contributed by atoms with Gasteiger partial charge in [0.15, 0.2) is 5.84 Å². The predicted molar refractivity (Wildman–Crippen MR) is 262 cm³/mol. The molecule has 0 aromatic carbocycles. The maximum Gasteiger partial charge on any atom is 0.437 e. The van der Waals surface area contributed by atoms with Gasteiger partial charge in [0.25, 0.3) is 0 Å². The first kappa shape index (κ1) is 61.7. The summed E-state index contributed by atoms with van der Waals surface area (Å²) in [7, 11) is 0. The van der Waals surface area contributed by atoms with Crippen molar-refractivity contribution in [2.24, 2.45) is 9.98 Å². The van der Waals surface area contributed by atoms with Crippen molar-refractivity contribution < 1.29 is 61.9 Å². The first-order valence-electron chi connectivity index (χ1n) is 23.2. The lowest BCUT2D eigenvalue weighted by Gasteiger charge is -2.34. The molecule has 1 heterocycles. The number of hydrogen-bond acceptors (Lipinski definition) is 17. The zero-order valence-corrected chi connectivity index (χ0v) is 44.7. The SMILES string of the molecule is CC(C)(C)OC(=O)N=C(N(CCCCCCCN=C(NC(=O)OC(C)(C)C)NC(=O)OC(C)(C)C)C(=O)OC(C)(C)C)N(CCCOc1ccc(C(=N)NC(=O)OC(C)(C)C)nn1)C(=O)OC(C)(C)C. The number of carbonyl (C=O) groups is 6. The topological polar surface area (TPSA) is 284 Å². The molecule has 0 bridgehead atoms. The van der Waals surface area contributed by atoms with Gasteiger partial charge in [-0.3, -0.25) is 26.4 Å². The van der Waals surface area contributed by atoms with Crippen molar-refractivity contribution in [3.05, 3.63) is 17.8 Å². The average molecular weight is 993 g/mol. The number of alkyl carbamates (subject to hydrolysis) is 3. The van der Waals surface area contributed by atoms with Crippen LogP contribution in [0.4, 0.5) is 28.8 Å². The van der Waals surface area contributed by atoms with Crippen LogP contribution in [0.5, 0.6) is 5.88 Å². The number of carbonyl (C=O) groups excluding carboxylic acids is 6. The van der Waals surface area contributed by atoms with E-state index >= 15 is 0 Å². The van der Waals surface area contributed by atoms with E-state index in [1.807, 2.05) is 0 Å². The van der Waals surface area contributed by atoms with Crippen molar-refractivity contribution in [3.63, 3.8) is 0 Å². The molecule has 0 atom stereocenters. The maximum absolute atomic E-state index is 14.1. The standard InChI is InChI=1S/C47H80N10O13/c1-42(2,3)65-36(58)50-33(48)31-25-26-32(55-54-31)64-30-24-29-57(41(63)70-47(16,17)18)35(53-39(61)68-45(10,11)12)56(40(62)69-46(13,14)15)28-23-21-19-20-22-27-49-34(51-37(59)66-43(4,5)6)52-38(60)67-44(7,8)9/h25-26H,19-24,27-30H2,1-18H3,(H2,48,50,58)(H2,49,51,52,59,60). The van der Waals surface area contributed by atoms with Gasteiger partial charge in [-0.1, -0.05) is 19.3 Å². The molecule has 6 amide bonds. The van der Waals surface area contributed by atoms with E-state index in [1.54, 1.807) is 125 Å². The van der Waals surface area contributed by atoms with Crippen LogP contribution in [0, 0.1) is 5.41 Å². The predicted octanol–water partition coefficient (Wildman–Crippen LogP) is 9.22. The fourth-order valence-corrected chi connectivity index (χ4v) is 5.23. The Hall–Kier alpha value is -6.29. The van der Waals surface area contributed by atoms with Crippen molar-refractivity contribution in [2.45, 2.75) is 197 Å². The highest BCUT2D eigenvalue weighted by molar-refractivity contribution is 6.05. The number of guanidine groups is 2. The molecule has 0 saturated heterocycles. The smallest absolute Gasteiger partial charge is 0.437 e. The summed E-state index contributed by atoms with van der Waals surface area (Å²) in [6.45, 7) is 30.2. The van der Waals surface area contributed by atoms with Crippen LogP contribution in [-0.2, 0) is 28.4 Å². The summed E-state index contributed by atoms with van der Waals surface area (Å²) in [5.41, 5.74) is -5.31. The molecule has 0 radical (unpaired) electrons. The minimum Gasteiger partial charge on any atom is -0.477 e. The highest BCUT2D eigenvalue weighted by Crippen LogP contribution is 2.19. The van der Waals surface area contributed by atoms with E-state index in [0.717, 1.165) is 9.80 Å². The molecule has 0 unspecified atom stereocenters. The molecule has 23 nitrogen and oxygen atoms in total. The molecule has 4 N–H and O–H groups in total. The molecule has 0 fully saturated rings. The Morgan fingerprint density at radius 1 is 0.529 bits per heavy atom. The van der Waals surface area contributed by atoms with Crippen LogP contribution >= 0.6 is 0 Å². The van der Waals surface area contributed by atoms with Crippen LogP contribution in [-0.4, -0.2) is 134 Å². The number of nitrogens with zero attached hydrogens (tertiary/aromatic N) is 6. The molecule has 1 aromatic heterocycles. The summed E-state index contributed by atoms with van der Waals surface area (Å²) in [5.74, 6) is -0.799. The Morgan fingerprint density at radius 2 is 0.943 bits per heavy atom. The molecule has 0 aliphatic carbocycles. The number of rotatable bonds is 14. The average Bonchev–Trinajstić information content (AvgIpc) is 3.12. The third kappa shape index (κ3) is 29.6. The Morgan fingerprint density at radius 3 is 1.37 bits per heavy atom. The third-order valence-electron chi connectivity index (χ3n) is 7.64. The van der Waals surface area contributed by atoms with E-state index in [0.29, 0.717) is 32.1 Å². The van der Waals surface area contributed by atoms with E-state index in [9.17, 15) is 28.8 Å². The van der Waals surface area contributed by atoms with Crippen LogP contribution in [0.2, 0.25) is 0 Å². The zero-order chi connectivity index (χ0) is 53.9. The van der Waals surface area contributed by atoms with E-state index in [1.165, 1.54) is 12.1 Å². The van der Waals surface area contributed by atoms with E-state index in [2.05, 4.69) is 36.1 Å². The zero-order valence-electron chi connectivity index (χ0n) is 44.7. The third-order valence-corrected chi connectivity index (χ3v) is 7.64. The van der Waals surface area contributed by atoms with Gasteiger partial charge in [-0.2, -0.15) is 0 Å². The lowest BCUT2D eigenvalue weighted by molar-refractivity contribution is 0.0267. The largest absolute Gasteiger partial charge is 0.477 e. The van der Waals surface area contributed by atoms with Crippen molar-refractivity contribution in [2.75, 3.05) is 26.2 Å². The summed E-state index contributed by atoms with van der Waals surface area (Å²) in [6.07, 6.45) is -2.44. The number of hydrogen-bond donors (Lipinski definition) is 4. The molecule has 1 aromatic rings. The Balaban J connectivity index is 3.38. The molecule has 1 rings (SSSR count). The lowest BCUT2D eigenvalue weighted by Crippen LogP contribution is -2.53. The van der Waals surface area contributed by atoms with Gasteiger partial charge in [0.05, 0.1) is 6.61 Å². The second-order valence-corrected chi connectivity index (χ2v) is 21.9. The van der Waals surface area contributed by atoms with Crippen LogP contribution < -0.4 is 20.7 Å². The molecule has 0 aliphatic heterocycles. The first-order chi connectivity index (χ1) is 31.8. The molecule has 0 spiro atoms. The summed E-state index contributed by atoms with van der Waals surface area (Å²) < 4.78 is 38.7. The quantitative estimate of drug-likeness (QED) is 0.0585. The minimum absolute atomic E-state index is 0.0432. The van der Waals surface area contributed by atoms with Crippen LogP contribution in [0.25, 0.3) is 0 Å². The number of ether oxygens (including phenoxy) is 7.